The fourth-order valence-corrected chi connectivity index (χ4v) is 2.64. The Morgan fingerprint density at radius 3 is 2.67 bits per heavy atom. The third-order valence-corrected chi connectivity index (χ3v) is 3.72. The van der Waals surface area contributed by atoms with Crippen LogP contribution >= 0.6 is 15.9 Å². The Bertz CT molecular complexity index is 619. The number of rotatable bonds is 5. The van der Waals surface area contributed by atoms with Gasteiger partial charge in [-0.05, 0) is 56.3 Å². The molecule has 2 rings (SSSR count). The van der Waals surface area contributed by atoms with Gasteiger partial charge in [-0.3, -0.25) is 4.98 Å². The summed E-state index contributed by atoms with van der Waals surface area (Å²) in [4.78, 5) is 4.21. The SMILES string of the molecule is CNC(c1cncc(OC(C)C)c1)c1cc(F)ccc1Br. The van der Waals surface area contributed by atoms with Crippen molar-refractivity contribution in [2.45, 2.75) is 26.0 Å². The average molecular weight is 353 g/mol. The molecule has 0 aliphatic heterocycles. The van der Waals surface area contributed by atoms with Gasteiger partial charge in [-0.25, -0.2) is 4.39 Å². The Kier molecular flexibility index (Phi) is 5.31. The first-order valence-electron chi connectivity index (χ1n) is 6.75. The molecule has 1 atom stereocenters. The van der Waals surface area contributed by atoms with Gasteiger partial charge in [0.05, 0.1) is 18.3 Å². The van der Waals surface area contributed by atoms with Crippen molar-refractivity contribution in [1.29, 1.82) is 0 Å². The van der Waals surface area contributed by atoms with Gasteiger partial charge in [-0.2, -0.15) is 0 Å². The van der Waals surface area contributed by atoms with Crippen molar-refractivity contribution in [2.75, 3.05) is 7.05 Å². The first-order valence-corrected chi connectivity index (χ1v) is 7.54. The molecule has 1 unspecified atom stereocenters. The van der Waals surface area contributed by atoms with E-state index in [0.29, 0.717) is 5.75 Å². The predicted octanol–water partition coefficient (Wildman–Crippen LogP) is 4.08. The van der Waals surface area contributed by atoms with Crippen molar-refractivity contribution in [1.82, 2.24) is 10.3 Å². The van der Waals surface area contributed by atoms with Gasteiger partial charge in [0.25, 0.3) is 0 Å². The minimum Gasteiger partial charge on any atom is -0.489 e. The maximum atomic E-state index is 13.5. The molecule has 112 valence electrons. The van der Waals surface area contributed by atoms with E-state index in [2.05, 4.69) is 26.2 Å². The van der Waals surface area contributed by atoms with E-state index in [9.17, 15) is 4.39 Å². The molecule has 0 aliphatic rings. The molecule has 0 amide bonds. The van der Waals surface area contributed by atoms with Crippen LogP contribution in [-0.2, 0) is 0 Å². The Morgan fingerprint density at radius 1 is 1.24 bits per heavy atom. The summed E-state index contributed by atoms with van der Waals surface area (Å²) < 4.78 is 20.0. The molecule has 0 aliphatic carbocycles. The zero-order valence-corrected chi connectivity index (χ0v) is 13.8. The van der Waals surface area contributed by atoms with Gasteiger partial charge in [0.2, 0.25) is 0 Å². The fraction of sp³-hybridized carbons (Fsp3) is 0.312. The van der Waals surface area contributed by atoms with E-state index < -0.39 is 0 Å². The van der Waals surface area contributed by atoms with Crippen molar-refractivity contribution >= 4 is 15.9 Å². The zero-order valence-electron chi connectivity index (χ0n) is 12.2. The molecule has 3 nitrogen and oxygen atoms in total. The Labute approximate surface area is 132 Å². The van der Waals surface area contributed by atoms with E-state index in [-0.39, 0.29) is 18.0 Å². The average Bonchev–Trinajstić information content (AvgIpc) is 2.43. The molecule has 0 saturated carbocycles. The summed E-state index contributed by atoms with van der Waals surface area (Å²) in [6, 6.07) is 6.40. The zero-order chi connectivity index (χ0) is 15.4. The van der Waals surface area contributed by atoms with Crippen molar-refractivity contribution < 1.29 is 9.13 Å². The molecule has 0 saturated heterocycles. The molecule has 0 bridgehead atoms. The largest absolute Gasteiger partial charge is 0.489 e. The topological polar surface area (TPSA) is 34.2 Å². The predicted molar refractivity (Wildman–Crippen MR) is 85.0 cm³/mol. The summed E-state index contributed by atoms with van der Waals surface area (Å²) in [5.41, 5.74) is 1.74. The van der Waals surface area contributed by atoms with Crippen molar-refractivity contribution in [3.63, 3.8) is 0 Å². The van der Waals surface area contributed by atoms with Crippen molar-refractivity contribution in [3.8, 4) is 5.75 Å². The van der Waals surface area contributed by atoms with Crippen LogP contribution in [0.2, 0.25) is 0 Å². The molecule has 0 radical (unpaired) electrons. The normalized spacial score (nSPS) is 12.5. The van der Waals surface area contributed by atoms with Crippen LogP contribution in [0, 0.1) is 5.82 Å². The van der Waals surface area contributed by atoms with Gasteiger partial charge in [-0.15, -0.1) is 0 Å². The first kappa shape index (κ1) is 15.9. The molecule has 5 heteroatoms. The van der Waals surface area contributed by atoms with Gasteiger partial charge in [0, 0.05) is 10.7 Å². The molecule has 0 fully saturated rings. The van der Waals surface area contributed by atoms with E-state index >= 15 is 0 Å². The van der Waals surface area contributed by atoms with Gasteiger partial charge >= 0.3 is 0 Å². The molecule has 1 heterocycles. The van der Waals surface area contributed by atoms with E-state index in [1.807, 2.05) is 27.0 Å². The Morgan fingerprint density at radius 2 is 2.00 bits per heavy atom. The van der Waals surface area contributed by atoms with Crippen molar-refractivity contribution in [2.24, 2.45) is 0 Å². The second kappa shape index (κ2) is 7.00. The summed E-state index contributed by atoms with van der Waals surface area (Å²) in [6.45, 7) is 3.93. The van der Waals surface area contributed by atoms with Gasteiger partial charge in [0.1, 0.15) is 11.6 Å². The number of pyridine rings is 1. The maximum Gasteiger partial charge on any atom is 0.138 e. The van der Waals surface area contributed by atoms with Crippen LogP contribution in [-0.4, -0.2) is 18.1 Å². The highest BCUT2D eigenvalue weighted by Gasteiger charge is 2.17. The monoisotopic (exact) mass is 352 g/mol. The third-order valence-electron chi connectivity index (χ3n) is 3.00. The van der Waals surface area contributed by atoms with Gasteiger partial charge in [-0.1, -0.05) is 15.9 Å². The second-order valence-electron chi connectivity index (χ2n) is 5.01. The lowest BCUT2D eigenvalue weighted by molar-refractivity contribution is 0.241. The highest BCUT2D eigenvalue weighted by molar-refractivity contribution is 9.10. The number of ether oxygens (including phenoxy) is 1. The molecular weight excluding hydrogens is 335 g/mol. The quantitative estimate of drug-likeness (QED) is 0.880. The fourth-order valence-electron chi connectivity index (χ4n) is 2.17. The van der Waals surface area contributed by atoms with E-state index in [0.717, 1.165) is 15.6 Å². The Balaban J connectivity index is 2.39. The summed E-state index contributed by atoms with van der Waals surface area (Å²) in [7, 11) is 1.83. The van der Waals surface area contributed by atoms with Crippen LogP contribution in [0.3, 0.4) is 0 Å². The summed E-state index contributed by atoms with van der Waals surface area (Å²) in [5.74, 6) is 0.436. The maximum absolute atomic E-state index is 13.5. The standard InChI is InChI=1S/C16H18BrFN2O/c1-10(2)21-13-6-11(8-20-9-13)16(19-3)14-7-12(18)4-5-15(14)17/h4-10,16,19H,1-3H3. The minimum absolute atomic E-state index is 0.0796. The first-order chi connectivity index (χ1) is 10.0. The van der Waals surface area contributed by atoms with E-state index in [1.54, 1.807) is 18.5 Å². The van der Waals surface area contributed by atoms with E-state index in [4.69, 9.17) is 4.74 Å². The van der Waals surface area contributed by atoms with E-state index in [1.165, 1.54) is 12.1 Å². The number of aromatic nitrogens is 1. The number of nitrogens with zero attached hydrogens (tertiary/aromatic N) is 1. The van der Waals surface area contributed by atoms with Crippen LogP contribution in [0.5, 0.6) is 5.75 Å². The smallest absolute Gasteiger partial charge is 0.138 e. The van der Waals surface area contributed by atoms with Crippen LogP contribution in [0.4, 0.5) is 4.39 Å². The van der Waals surface area contributed by atoms with Crippen molar-refractivity contribution in [3.05, 3.63) is 58.1 Å². The number of halogens is 2. The third kappa shape index (κ3) is 4.02. The number of hydrogen-bond acceptors (Lipinski definition) is 3. The second-order valence-corrected chi connectivity index (χ2v) is 5.86. The lowest BCUT2D eigenvalue weighted by Crippen LogP contribution is -2.19. The molecule has 21 heavy (non-hydrogen) atoms. The van der Waals surface area contributed by atoms with Crippen LogP contribution < -0.4 is 10.1 Å². The highest BCUT2D eigenvalue weighted by atomic mass is 79.9. The number of hydrogen-bond donors (Lipinski definition) is 1. The highest BCUT2D eigenvalue weighted by Crippen LogP contribution is 2.30. The lowest BCUT2D eigenvalue weighted by Gasteiger charge is -2.19. The number of benzene rings is 1. The summed E-state index contributed by atoms with van der Waals surface area (Å²) in [6.07, 6.45) is 3.51. The van der Waals surface area contributed by atoms with Crippen LogP contribution in [0.25, 0.3) is 0 Å². The van der Waals surface area contributed by atoms with Gasteiger partial charge < -0.3 is 10.1 Å². The lowest BCUT2D eigenvalue weighted by atomic mass is 10.00. The molecule has 1 N–H and O–H groups in total. The number of nitrogens with one attached hydrogen (secondary N) is 1. The van der Waals surface area contributed by atoms with Crippen LogP contribution in [0.1, 0.15) is 31.0 Å². The molecule has 0 spiro atoms. The minimum atomic E-state index is -0.268. The molecule has 2 aromatic rings. The Hall–Kier alpha value is -1.46. The van der Waals surface area contributed by atoms with Gasteiger partial charge in [0.15, 0.2) is 0 Å². The molecule has 1 aromatic carbocycles. The van der Waals surface area contributed by atoms with Crippen LogP contribution in [0.15, 0.2) is 41.1 Å². The summed E-state index contributed by atoms with van der Waals surface area (Å²) in [5, 5.41) is 3.19. The molecular formula is C16H18BrFN2O. The molecule has 1 aromatic heterocycles. The summed E-state index contributed by atoms with van der Waals surface area (Å²) >= 11 is 3.47.